The molecule has 0 spiro atoms. The molecule has 6 nitrogen and oxygen atoms in total. The number of nitrogens with zero attached hydrogens (tertiary/aromatic N) is 2. The second-order valence-corrected chi connectivity index (χ2v) is 8.91. The minimum absolute atomic E-state index is 0.124. The van der Waals surface area contributed by atoms with E-state index in [2.05, 4.69) is 12.2 Å². The van der Waals surface area contributed by atoms with Crippen molar-refractivity contribution in [3.8, 4) is 0 Å². The summed E-state index contributed by atoms with van der Waals surface area (Å²) in [5, 5.41) is 3.13. The van der Waals surface area contributed by atoms with E-state index in [1.807, 2.05) is 7.05 Å². The molecule has 146 valence electrons. The molecule has 1 aliphatic rings. The van der Waals surface area contributed by atoms with Gasteiger partial charge in [0.1, 0.15) is 0 Å². The SMILES string of the molecule is CCCCN(C)C(=O)c1ccccc1S(=O)(=O)N1CCCC(CNC)C1. The summed E-state index contributed by atoms with van der Waals surface area (Å²) in [6.45, 7) is 4.49. The van der Waals surface area contributed by atoms with Crippen LogP contribution in [0.3, 0.4) is 0 Å². The minimum Gasteiger partial charge on any atom is -0.342 e. The number of hydrogen-bond acceptors (Lipinski definition) is 4. The smallest absolute Gasteiger partial charge is 0.254 e. The van der Waals surface area contributed by atoms with Gasteiger partial charge in [-0.3, -0.25) is 4.79 Å². The van der Waals surface area contributed by atoms with Gasteiger partial charge >= 0.3 is 0 Å². The molecule has 1 aromatic rings. The normalized spacial score (nSPS) is 18.7. The van der Waals surface area contributed by atoms with E-state index in [0.29, 0.717) is 25.6 Å². The number of rotatable bonds is 8. The fraction of sp³-hybridized carbons (Fsp3) is 0.632. The summed E-state index contributed by atoms with van der Waals surface area (Å²) >= 11 is 0. The van der Waals surface area contributed by atoms with Gasteiger partial charge in [0.15, 0.2) is 0 Å². The van der Waals surface area contributed by atoms with E-state index in [4.69, 9.17) is 0 Å². The van der Waals surface area contributed by atoms with Crippen molar-refractivity contribution in [1.82, 2.24) is 14.5 Å². The maximum atomic E-state index is 13.2. The zero-order valence-electron chi connectivity index (χ0n) is 16.1. The molecule has 1 aromatic carbocycles. The molecule has 1 saturated heterocycles. The topological polar surface area (TPSA) is 69.7 Å². The van der Waals surface area contributed by atoms with E-state index < -0.39 is 10.0 Å². The Morgan fingerprint density at radius 2 is 2.08 bits per heavy atom. The summed E-state index contributed by atoms with van der Waals surface area (Å²) in [4.78, 5) is 14.5. The molecular weight excluding hydrogens is 350 g/mol. The van der Waals surface area contributed by atoms with Crippen LogP contribution in [0, 0.1) is 5.92 Å². The molecule has 0 saturated carbocycles. The Kier molecular flexibility index (Phi) is 7.61. The van der Waals surface area contributed by atoms with Crippen LogP contribution >= 0.6 is 0 Å². The lowest BCUT2D eigenvalue weighted by Crippen LogP contribution is -2.43. The second kappa shape index (κ2) is 9.48. The first-order valence-corrected chi connectivity index (χ1v) is 10.8. The molecular formula is C19H31N3O3S. The van der Waals surface area contributed by atoms with Crippen LogP contribution in [0.25, 0.3) is 0 Å². The highest BCUT2D eigenvalue weighted by Crippen LogP contribution is 2.26. The molecule has 0 aromatic heterocycles. The zero-order chi connectivity index (χ0) is 19.2. The van der Waals surface area contributed by atoms with Crippen molar-refractivity contribution in [3.05, 3.63) is 29.8 Å². The van der Waals surface area contributed by atoms with Crippen LogP contribution in [0.1, 0.15) is 43.0 Å². The highest BCUT2D eigenvalue weighted by molar-refractivity contribution is 7.89. The number of unbranched alkanes of at least 4 members (excludes halogenated alkanes) is 1. The number of benzene rings is 1. The van der Waals surface area contributed by atoms with Gasteiger partial charge in [-0.15, -0.1) is 0 Å². The predicted octanol–water partition coefficient (Wildman–Crippen LogP) is 2.18. The molecule has 26 heavy (non-hydrogen) atoms. The van der Waals surface area contributed by atoms with Gasteiger partial charge in [0, 0.05) is 26.7 Å². The molecule has 1 unspecified atom stereocenters. The van der Waals surface area contributed by atoms with E-state index in [0.717, 1.165) is 32.2 Å². The molecule has 2 rings (SSSR count). The number of carbonyl (C=O) groups is 1. The van der Waals surface area contributed by atoms with Crippen molar-refractivity contribution in [2.24, 2.45) is 5.92 Å². The Morgan fingerprint density at radius 1 is 1.35 bits per heavy atom. The number of piperidine rings is 1. The Morgan fingerprint density at radius 3 is 2.77 bits per heavy atom. The number of sulfonamides is 1. The van der Waals surface area contributed by atoms with Gasteiger partial charge in [0.05, 0.1) is 10.5 Å². The highest BCUT2D eigenvalue weighted by Gasteiger charge is 2.33. The predicted molar refractivity (Wildman–Crippen MR) is 104 cm³/mol. The van der Waals surface area contributed by atoms with Gasteiger partial charge in [-0.2, -0.15) is 4.31 Å². The van der Waals surface area contributed by atoms with Gasteiger partial charge < -0.3 is 10.2 Å². The van der Waals surface area contributed by atoms with Gasteiger partial charge in [0.2, 0.25) is 10.0 Å². The fourth-order valence-corrected chi connectivity index (χ4v) is 5.15. The van der Waals surface area contributed by atoms with Gasteiger partial charge in [-0.25, -0.2) is 8.42 Å². The Bertz CT molecular complexity index is 704. The fourth-order valence-electron chi connectivity index (χ4n) is 3.41. The lowest BCUT2D eigenvalue weighted by atomic mass is 10.00. The average Bonchev–Trinajstić information content (AvgIpc) is 2.66. The quantitative estimate of drug-likeness (QED) is 0.749. The van der Waals surface area contributed by atoms with Crippen LogP contribution in [-0.4, -0.2) is 63.8 Å². The third-order valence-electron chi connectivity index (χ3n) is 4.90. The largest absolute Gasteiger partial charge is 0.342 e. The van der Waals surface area contributed by atoms with E-state index >= 15 is 0 Å². The van der Waals surface area contributed by atoms with Crippen LogP contribution in [0.15, 0.2) is 29.2 Å². The van der Waals surface area contributed by atoms with Crippen molar-refractivity contribution in [2.75, 3.05) is 40.3 Å². The summed E-state index contributed by atoms with van der Waals surface area (Å²) in [6, 6.07) is 6.58. The zero-order valence-corrected chi connectivity index (χ0v) is 16.9. The third-order valence-corrected chi connectivity index (χ3v) is 6.83. The van der Waals surface area contributed by atoms with Crippen LogP contribution in [0.2, 0.25) is 0 Å². The molecule has 1 atom stereocenters. The second-order valence-electron chi connectivity index (χ2n) is 7.01. The number of nitrogens with one attached hydrogen (secondary N) is 1. The molecule has 0 bridgehead atoms. The first-order chi connectivity index (χ1) is 12.4. The first-order valence-electron chi connectivity index (χ1n) is 9.41. The monoisotopic (exact) mass is 381 g/mol. The number of hydrogen-bond donors (Lipinski definition) is 1. The lowest BCUT2D eigenvalue weighted by molar-refractivity contribution is 0.0789. The first kappa shape index (κ1) is 20.9. The summed E-state index contributed by atoms with van der Waals surface area (Å²) in [5.41, 5.74) is 0.266. The Labute approximate surface area is 157 Å². The maximum absolute atomic E-state index is 13.2. The molecule has 1 aliphatic heterocycles. The maximum Gasteiger partial charge on any atom is 0.254 e. The summed E-state index contributed by atoms with van der Waals surface area (Å²) < 4.78 is 28.0. The van der Waals surface area contributed by atoms with Crippen molar-refractivity contribution < 1.29 is 13.2 Å². The van der Waals surface area contributed by atoms with Crippen molar-refractivity contribution in [2.45, 2.75) is 37.5 Å². The van der Waals surface area contributed by atoms with Crippen molar-refractivity contribution >= 4 is 15.9 Å². The highest BCUT2D eigenvalue weighted by atomic mass is 32.2. The van der Waals surface area contributed by atoms with Crippen LogP contribution < -0.4 is 5.32 Å². The van der Waals surface area contributed by atoms with Crippen LogP contribution in [0.5, 0.6) is 0 Å². The molecule has 1 N–H and O–H groups in total. The van der Waals surface area contributed by atoms with E-state index in [-0.39, 0.29) is 16.4 Å². The average molecular weight is 382 g/mol. The standard InChI is InChI=1S/C19H31N3O3S/c1-4-5-12-21(3)19(23)17-10-6-7-11-18(17)26(24,25)22-13-8-9-16(15-22)14-20-2/h6-7,10-11,16,20H,4-5,8-9,12-15H2,1-3H3. The van der Waals surface area contributed by atoms with Crippen molar-refractivity contribution in [1.29, 1.82) is 0 Å². The summed E-state index contributed by atoms with van der Waals surface area (Å²) in [7, 11) is -0.0750. The minimum atomic E-state index is -3.68. The molecule has 1 heterocycles. The van der Waals surface area contributed by atoms with E-state index in [1.54, 1.807) is 36.2 Å². The van der Waals surface area contributed by atoms with Gasteiger partial charge in [0.25, 0.3) is 5.91 Å². The molecule has 0 aliphatic carbocycles. The molecule has 0 radical (unpaired) electrons. The summed E-state index contributed by atoms with van der Waals surface area (Å²) in [6.07, 6.45) is 3.75. The summed E-state index contributed by atoms with van der Waals surface area (Å²) in [5.74, 6) is 0.0695. The van der Waals surface area contributed by atoms with Gasteiger partial charge in [-0.1, -0.05) is 25.5 Å². The molecule has 1 amide bonds. The molecule has 7 heteroatoms. The number of carbonyl (C=O) groups excluding carboxylic acids is 1. The third kappa shape index (κ3) is 4.84. The van der Waals surface area contributed by atoms with Crippen LogP contribution in [0.4, 0.5) is 0 Å². The Balaban J connectivity index is 2.28. The molecule has 1 fully saturated rings. The van der Waals surface area contributed by atoms with Gasteiger partial charge in [-0.05, 0) is 50.9 Å². The number of amides is 1. The lowest BCUT2D eigenvalue weighted by Gasteiger charge is -2.32. The van der Waals surface area contributed by atoms with E-state index in [9.17, 15) is 13.2 Å². The van der Waals surface area contributed by atoms with Crippen LogP contribution in [-0.2, 0) is 10.0 Å². The Hall–Kier alpha value is -1.44. The van der Waals surface area contributed by atoms with Crippen molar-refractivity contribution in [3.63, 3.8) is 0 Å². The van der Waals surface area contributed by atoms with E-state index in [1.165, 1.54) is 4.31 Å².